The fraction of sp³-hybridized carbons (Fsp3) is 1.00. The van der Waals surface area contributed by atoms with E-state index < -0.39 is 0 Å². The van der Waals surface area contributed by atoms with Crippen molar-refractivity contribution in [1.82, 2.24) is 5.32 Å². The predicted molar refractivity (Wildman–Crippen MR) is 60.0 cm³/mol. The van der Waals surface area contributed by atoms with Crippen LogP contribution in [0.15, 0.2) is 0 Å². The summed E-state index contributed by atoms with van der Waals surface area (Å²) in [5, 5.41) is 3.65. The van der Waals surface area contributed by atoms with E-state index in [0.717, 1.165) is 26.4 Å². The van der Waals surface area contributed by atoms with Gasteiger partial charge in [0.15, 0.2) is 0 Å². The first-order valence-electron chi connectivity index (χ1n) is 6.15. The number of hydrogen-bond acceptors (Lipinski definition) is 3. The Morgan fingerprint density at radius 2 is 2.33 bits per heavy atom. The molecule has 1 unspecified atom stereocenters. The third kappa shape index (κ3) is 2.92. The SMILES string of the molecule is COCCC1(CNC2CCOC2)CCC1. The molecule has 88 valence electrons. The van der Waals surface area contributed by atoms with Crippen molar-refractivity contribution in [3.05, 3.63) is 0 Å². The molecule has 1 atom stereocenters. The molecule has 0 aromatic heterocycles. The minimum Gasteiger partial charge on any atom is -0.385 e. The Hall–Kier alpha value is -0.120. The van der Waals surface area contributed by atoms with Crippen molar-refractivity contribution < 1.29 is 9.47 Å². The van der Waals surface area contributed by atoms with Crippen LogP contribution < -0.4 is 5.32 Å². The molecular weight excluding hydrogens is 190 g/mol. The maximum absolute atomic E-state index is 5.37. The zero-order chi connectivity index (χ0) is 10.6. The van der Waals surface area contributed by atoms with Crippen LogP contribution in [0.3, 0.4) is 0 Å². The van der Waals surface area contributed by atoms with Gasteiger partial charge in [-0.25, -0.2) is 0 Å². The first-order chi connectivity index (χ1) is 7.35. The van der Waals surface area contributed by atoms with Crippen LogP contribution in [0.1, 0.15) is 32.1 Å². The molecule has 0 aromatic carbocycles. The Morgan fingerprint density at radius 3 is 2.87 bits per heavy atom. The number of rotatable bonds is 6. The maximum atomic E-state index is 5.37. The fourth-order valence-corrected chi connectivity index (χ4v) is 2.57. The van der Waals surface area contributed by atoms with E-state index in [-0.39, 0.29) is 0 Å². The first kappa shape index (κ1) is 11.4. The summed E-state index contributed by atoms with van der Waals surface area (Å²) in [5.74, 6) is 0. The van der Waals surface area contributed by atoms with Crippen molar-refractivity contribution in [3.8, 4) is 0 Å². The summed E-state index contributed by atoms with van der Waals surface area (Å²) in [5.41, 5.74) is 0.540. The van der Waals surface area contributed by atoms with E-state index in [0.29, 0.717) is 11.5 Å². The van der Waals surface area contributed by atoms with Gasteiger partial charge in [0.2, 0.25) is 0 Å². The maximum Gasteiger partial charge on any atom is 0.0620 e. The highest BCUT2D eigenvalue weighted by molar-refractivity contribution is 4.90. The normalized spacial score (nSPS) is 29.0. The van der Waals surface area contributed by atoms with Crippen molar-refractivity contribution >= 4 is 0 Å². The standard InChI is InChI=1S/C12H23NO2/c1-14-8-6-12(4-2-5-12)10-13-11-3-7-15-9-11/h11,13H,2-10H2,1H3. The van der Waals surface area contributed by atoms with Crippen LogP contribution >= 0.6 is 0 Å². The van der Waals surface area contributed by atoms with Crippen molar-refractivity contribution in [2.45, 2.75) is 38.1 Å². The molecule has 1 heterocycles. The highest BCUT2D eigenvalue weighted by Crippen LogP contribution is 2.43. The van der Waals surface area contributed by atoms with E-state index >= 15 is 0 Å². The van der Waals surface area contributed by atoms with Crippen LogP contribution in [0.2, 0.25) is 0 Å². The summed E-state index contributed by atoms with van der Waals surface area (Å²) in [6.07, 6.45) is 6.53. The molecule has 1 saturated heterocycles. The minimum absolute atomic E-state index is 0.540. The van der Waals surface area contributed by atoms with Crippen LogP contribution in [0.25, 0.3) is 0 Å². The largest absolute Gasteiger partial charge is 0.385 e. The summed E-state index contributed by atoms with van der Waals surface area (Å²) in [4.78, 5) is 0. The summed E-state index contributed by atoms with van der Waals surface area (Å²) >= 11 is 0. The molecule has 2 fully saturated rings. The van der Waals surface area contributed by atoms with Gasteiger partial charge >= 0.3 is 0 Å². The van der Waals surface area contributed by atoms with Crippen molar-refractivity contribution in [1.29, 1.82) is 0 Å². The lowest BCUT2D eigenvalue weighted by Crippen LogP contribution is -2.44. The summed E-state index contributed by atoms with van der Waals surface area (Å²) in [6.45, 7) is 3.90. The summed E-state index contributed by atoms with van der Waals surface area (Å²) < 4.78 is 10.6. The van der Waals surface area contributed by atoms with Gasteiger partial charge in [-0.05, 0) is 31.1 Å². The molecule has 0 amide bonds. The van der Waals surface area contributed by atoms with Crippen LogP contribution in [0, 0.1) is 5.41 Å². The lowest BCUT2D eigenvalue weighted by atomic mass is 9.66. The Kier molecular flexibility index (Phi) is 4.00. The quantitative estimate of drug-likeness (QED) is 0.726. The Balaban J connectivity index is 1.69. The number of hydrogen-bond donors (Lipinski definition) is 1. The van der Waals surface area contributed by atoms with Gasteiger partial charge in [-0.2, -0.15) is 0 Å². The molecule has 1 aliphatic carbocycles. The Bertz CT molecular complexity index is 186. The number of methoxy groups -OCH3 is 1. The van der Waals surface area contributed by atoms with E-state index in [4.69, 9.17) is 9.47 Å². The van der Waals surface area contributed by atoms with Crippen molar-refractivity contribution in [3.63, 3.8) is 0 Å². The summed E-state index contributed by atoms with van der Waals surface area (Å²) in [7, 11) is 1.80. The zero-order valence-electron chi connectivity index (χ0n) is 9.76. The molecule has 3 nitrogen and oxygen atoms in total. The highest BCUT2D eigenvalue weighted by Gasteiger charge is 2.36. The molecule has 15 heavy (non-hydrogen) atoms. The predicted octanol–water partition coefficient (Wildman–Crippen LogP) is 1.57. The topological polar surface area (TPSA) is 30.5 Å². The van der Waals surface area contributed by atoms with E-state index in [9.17, 15) is 0 Å². The molecule has 2 aliphatic rings. The van der Waals surface area contributed by atoms with Crippen molar-refractivity contribution in [2.24, 2.45) is 5.41 Å². The second-order valence-corrected chi connectivity index (χ2v) is 5.04. The van der Waals surface area contributed by atoms with Crippen LogP contribution in [0.5, 0.6) is 0 Å². The minimum atomic E-state index is 0.540. The van der Waals surface area contributed by atoms with Gasteiger partial charge in [0.05, 0.1) is 6.61 Å². The molecule has 0 bridgehead atoms. The fourth-order valence-electron chi connectivity index (χ4n) is 2.57. The van der Waals surface area contributed by atoms with Gasteiger partial charge in [-0.1, -0.05) is 6.42 Å². The molecule has 0 aromatic rings. The molecule has 1 aliphatic heterocycles. The monoisotopic (exact) mass is 213 g/mol. The third-order valence-electron chi connectivity index (χ3n) is 3.95. The molecule has 2 rings (SSSR count). The molecule has 3 heteroatoms. The highest BCUT2D eigenvalue weighted by atomic mass is 16.5. The first-order valence-corrected chi connectivity index (χ1v) is 6.15. The van der Waals surface area contributed by atoms with Crippen LogP contribution in [-0.2, 0) is 9.47 Å². The molecule has 1 N–H and O–H groups in total. The van der Waals surface area contributed by atoms with Gasteiger partial charge < -0.3 is 14.8 Å². The van der Waals surface area contributed by atoms with Gasteiger partial charge in [0, 0.05) is 32.9 Å². The number of ether oxygens (including phenoxy) is 2. The van der Waals surface area contributed by atoms with Crippen molar-refractivity contribution in [2.75, 3.05) is 33.5 Å². The average Bonchev–Trinajstić information content (AvgIpc) is 2.68. The molecule has 0 radical (unpaired) electrons. The summed E-state index contributed by atoms with van der Waals surface area (Å²) in [6, 6.07) is 0.602. The van der Waals surface area contributed by atoms with Crippen LogP contribution in [-0.4, -0.2) is 39.5 Å². The van der Waals surface area contributed by atoms with Gasteiger partial charge in [0.25, 0.3) is 0 Å². The van der Waals surface area contributed by atoms with E-state index in [2.05, 4.69) is 5.32 Å². The molecule has 1 saturated carbocycles. The van der Waals surface area contributed by atoms with E-state index in [1.165, 1.54) is 32.1 Å². The van der Waals surface area contributed by atoms with E-state index in [1.807, 2.05) is 0 Å². The Labute approximate surface area is 92.5 Å². The third-order valence-corrected chi connectivity index (χ3v) is 3.95. The second kappa shape index (κ2) is 5.28. The van der Waals surface area contributed by atoms with Gasteiger partial charge in [-0.3, -0.25) is 0 Å². The smallest absolute Gasteiger partial charge is 0.0620 e. The lowest BCUT2D eigenvalue weighted by Gasteiger charge is -2.42. The molecular formula is C12H23NO2. The van der Waals surface area contributed by atoms with E-state index in [1.54, 1.807) is 7.11 Å². The zero-order valence-corrected chi connectivity index (χ0v) is 9.76. The Morgan fingerprint density at radius 1 is 1.47 bits per heavy atom. The van der Waals surface area contributed by atoms with Gasteiger partial charge in [0.1, 0.15) is 0 Å². The van der Waals surface area contributed by atoms with Crippen LogP contribution in [0.4, 0.5) is 0 Å². The van der Waals surface area contributed by atoms with Gasteiger partial charge in [-0.15, -0.1) is 0 Å². The lowest BCUT2D eigenvalue weighted by molar-refractivity contribution is 0.0656. The molecule has 0 spiro atoms. The second-order valence-electron chi connectivity index (χ2n) is 5.04. The number of nitrogens with one attached hydrogen (secondary N) is 1. The average molecular weight is 213 g/mol.